The molecule has 1 N–H and O–H groups in total. The number of carbonyl (C=O) groups excluding carboxylic acids is 1. The van der Waals surface area contributed by atoms with Gasteiger partial charge in [-0.15, -0.1) is 0 Å². The Morgan fingerprint density at radius 3 is 2.55 bits per heavy atom. The van der Waals surface area contributed by atoms with Crippen molar-refractivity contribution in [2.45, 2.75) is 39.3 Å². The van der Waals surface area contributed by atoms with Gasteiger partial charge >= 0.3 is 0 Å². The third-order valence-electron chi connectivity index (χ3n) is 4.47. The summed E-state index contributed by atoms with van der Waals surface area (Å²) < 4.78 is 12.3. The van der Waals surface area contributed by atoms with Crippen LogP contribution in [0.25, 0.3) is 6.08 Å². The molecule has 0 heterocycles. The summed E-state index contributed by atoms with van der Waals surface area (Å²) in [6.07, 6.45) is 2.49. The molecule has 0 aliphatic heterocycles. The van der Waals surface area contributed by atoms with Gasteiger partial charge in [-0.1, -0.05) is 37.3 Å². The van der Waals surface area contributed by atoms with Crippen molar-refractivity contribution in [1.29, 1.82) is 5.26 Å². The number of hydrogen-bond donors (Lipinski definition) is 1. The molecule has 0 bridgehead atoms. The molecule has 0 aromatic heterocycles. The smallest absolute Gasteiger partial charge is 0.262 e. The Labute approximate surface area is 185 Å². The number of amides is 1. The maximum absolute atomic E-state index is 12.6. The molecule has 2 atom stereocenters. The van der Waals surface area contributed by atoms with E-state index in [4.69, 9.17) is 9.47 Å². The molecule has 1 amide bonds. The van der Waals surface area contributed by atoms with Crippen LogP contribution in [0.3, 0.4) is 0 Å². The van der Waals surface area contributed by atoms with Gasteiger partial charge in [0.25, 0.3) is 5.91 Å². The van der Waals surface area contributed by atoms with E-state index in [1.807, 2.05) is 56.3 Å². The molecule has 0 unspecified atom stereocenters. The molecular weight excluding hydrogens is 479 g/mol. The molecule has 6 heteroatoms. The first-order valence-electron chi connectivity index (χ1n) is 9.41. The summed E-state index contributed by atoms with van der Waals surface area (Å²) >= 11 is 2.17. The Morgan fingerprint density at radius 1 is 1.28 bits per heavy atom. The number of benzene rings is 2. The van der Waals surface area contributed by atoms with E-state index in [0.29, 0.717) is 17.1 Å². The summed E-state index contributed by atoms with van der Waals surface area (Å²) in [5.41, 5.74) is 1.70. The van der Waals surface area contributed by atoms with E-state index in [1.54, 1.807) is 19.3 Å². The molecule has 0 saturated heterocycles. The molecule has 0 aliphatic carbocycles. The standard InChI is InChI=1S/C23H25IN2O3/c1-5-15(2)29-22-20(24)12-17(13-21(22)28-4)11-19(14-25)23(27)26-16(3)18-9-7-6-8-10-18/h6-13,15-16H,5H2,1-4H3,(H,26,27)/b19-11-/t15-,16+/m0/s1. The first kappa shape index (κ1) is 22.8. The van der Waals surface area contributed by atoms with Crippen LogP contribution in [0, 0.1) is 14.9 Å². The van der Waals surface area contributed by atoms with Crippen molar-refractivity contribution in [2.24, 2.45) is 0 Å². The fourth-order valence-corrected chi connectivity index (χ4v) is 3.39. The van der Waals surface area contributed by atoms with Crippen LogP contribution in [-0.4, -0.2) is 19.1 Å². The minimum absolute atomic E-state index is 0.0289. The zero-order valence-electron chi connectivity index (χ0n) is 17.0. The number of methoxy groups -OCH3 is 1. The maximum atomic E-state index is 12.6. The Morgan fingerprint density at radius 2 is 1.97 bits per heavy atom. The Bertz CT molecular complexity index is 920. The van der Waals surface area contributed by atoms with Gasteiger partial charge in [-0.2, -0.15) is 5.26 Å². The molecule has 0 radical (unpaired) electrons. The summed E-state index contributed by atoms with van der Waals surface area (Å²) in [5.74, 6) is 0.817. The average molecular weight is 504 g/mol. The second kappa shape index (κ2) is 10.9. The van der Waals surface area contributed by atoms with Crippen LogP contribution in [0.2, 0.25) is 0 Å². The lowest BCUT2D eigenvalue weighted by Gasteiger charge is -2.18. The first-order valence-corrected chi connectivity index (χ1v) is 10.5. The van der Waals surface area contributed by atoms with Gasteiger partial charge in [-0.3, -0.25) is 4.79 Å². The number of nitrogens with zero attached hydrogens (tertiary/aromatic N) is 1. The van der Waals surface area contributed by atoms with E-state index < -0.39 is 5.91 Å². The normalized spacial score (nSPS) is 13.2. The SMILES string of the molecule is CC[C@H](C)Oc1c(I)cc(/C=C(/C#N)C(=O)N[C@H](C)c2ccccc2)cc1OC. The summed E-state index contributed by atoms with van der Waals surface area (Å²) in [4.78, 5) is 12.6. The van der Waals surface area contributed by atoms with Crippen LogP contribution >= 0.6 is 22.6 Å². The van der Waals surface area contributed by atoms with Crippen LogP contribution in [-0.2, 0) is 4.79 Å². The molecule has 0 spiro atoms. The molecule has 152 valence electrons. The lowest BCUT2D eigenvalue weighted by molar-refractivity contribution is -0.117. The second-order valence-electron chi connectivity index (χ2n) is 6.65. The van der Waals surface area contributed by atoms with Crippen LogP contribution in [0.5, 0.6) is 11.5 Å². The van der Waals surface area contributed by atoms with Crippen molar-refractivity contribution >= 4 is 34.6 Å². The highest BCUT2D eigenvalue weighted by molar-refractivity contribution is 14.1. The average Bonchev–Trinajstić information content (AvgIpc) is 2.73. The van der Waals surface area contributed by atoms with Gasteiger partial charge < -0.3 is 14.8 Å². The first-order chi connectivity index (χ1) is 13.9. The minimum atomic E-state index is -0.419. The number of halogens is 1. The summed E-state index contributed by atoms with van der Waals surface area (Å²) in [5, 5.41) is 12.4. The van der Waals surface area contributed by atoms with Crippen LogP contribution in [0.4, 0.5) is 0 Å². The molecule has 0 aliphatic rings. The Hall–Kier alpha value is -2.53. The van der Waals surface area contributed by atoms with Crippen LogP contribution in [0.1, 0.15) is 44.4 Å². The largest absolute Gasteiger partial charge is 0.493 e. The van der Waals surface area contributed by atoms with Gasteiger partial charge in [0.1, 0.15) is 11.6 Å². The van der Waals surface area contributed by atoms with Gasteiger partial charge in [0.05, 0.1) is 22.8 Å². The van der Waals surface area contributed by atoms with Crippen molar-refractivity contribution in [3.05, 3.63) is 62.7 Å². The lowest BCUT2D eigenvalue weighted by atomic mass is 10.1. The molecule has 5 nitrogen and oxygen atoms in total. The van der Waals surface area contributed by atoms with Crippen molar-refractivity contribution in [1.82, 2.24) is 5.32 Å². The minimum Gasteiger partial charge on any atom is -0.493 e. The summed E-state index contributed by atoms with van der Waals surface area (Å²) in [6, 6.07) is 15.0. The zero-order chi connectivity index (χ0) is 21.4. The van der Waals surface area contributed by atoms with E-state index in [2.05, 4.69) is 34.8 Å². The highest BCUT2D eigenvalue weighted by Crippen LogP contribution is 2.35. The van der Waals surface area contributed by atoms with Crippen molar-refractivity contribution in [3.63, 3.8) is 0 Å². The topological polar surface area (TPSA) is 71.3 Å². The molecule has 0 fully saturated rings. The Balaban J connectivity index is 2.26. The quantitative estimate of drug-likeness (QED) is 0.303. The third-order valence-corrected chi connectivity index (χ3v) is 5.27. The summed E-state index contributed by atoms with van der Waals surface area (Å²) in [7, 11) is 1.57. The number of rotatable bonds is 8. The highest BCUT2D eigenvalue weighted by atomic mass is 127. The monoisotopic (exact) mass is 504 g/mol. The number of nitriles is 1. The van der Waals surface area contributed by atoms with E-state index in [9.17, 15) is 10.1 Å². The maximum Gasteiger partial charge on any atom is 0.262 e. The number of carbonyl (C=O) groups is 1. The fraction of sp³-hybridized carbons (Fsp3) is 0.304. The molecule has 2 aromatic rings. The third kappa shape index (κ3) is 6.23. The Kier molecular flexibility index (Phi) is 8.52. The molecule has 2 aromatic carbocycles. The van der Waals surface area contributed by atoms with Crippen LogP contribution < -0.4 is 14.8 Å². The van der Waals surface area contributed by atoms with Crippen molar-refractivity contribution in [2.75, 3.05) is 7.11 Å². The lowest BCUT2D eigenvalue weighted by Crippen LogP contribution is -2.27. The highest BCUT2D eigenvalue weighted by Gasteiger charge is 2.16. The van der Waals surface area contributed by atoms with Gasteiger partial charge in [0.15, 0.2) is 11.5 Å². The number of nitrogens with one attached hydrogen (secondary N) is 1. The predicted molar refractivity (Wildman–Crippen MR) is 123 cm³/mol. The number of ether oxygens (including phenoxy) is 2. The molecular formula is C23H25IN2O3. The van der Waals surface area contributed by atoms with E-state index in [-0.39, 0.29) is 17.7 Å². The van der Waals surface area contributed by atoms with Gasteiger partial charge in [0, 0.05) is 0 Å². The van der Waals surface area contributed by atoms with Crippen molar-refractivity contribution < 1.29 is 14.3 Å². The van der Waals surface area contributed by atoms with Gasteiger partial charge in [-0.05, 0) is 72.2 Å². The van der Waals surface area contributed by atoms with E-state index in [0.717, 1.165) is 15.6 Å². The molecule has 2 rings (SSSR count). The number of hydrogen-bond acceptors (Lipinski definition) is 4. The predicted octanol–water partition coefficient (Wildman–Crippen LogP) is 5.26. The van der Waals surface area contributed by atoms with Crippen molar-refractivity contribution in [3.8, 4) is 17.6 Å². The second-order valence-corrected chi connectivity index (χ2v) is 7.81. The van der Waals surface area contributed by atoms with Crippen LogP contribution in [0.15, 0.2) is 48.0 Å². The summed E-state index contributed by atoms with van der Waals surface area (Å²) in [6.45, 7) is 5.93. The van der Waals surface area contributed by atoms with E-state index in [1.165, 1.54) is 0 Å². The van der Waals surface area contributed by atoms with E-state index >= 15 is 0 Å². The zero-order valence-corrected chi connectivity index (χ0v) is 19.2. The van der Waals surface area contributed by atoms with Gasteiger partial charge in [0.2, 0.25) is 0 Å². The molecule has 29 heavy (non-hydrogen) atoms. The van der Waals surface area contributed by atoms with Gasteiger partial charge in [-0.25, -0.2) is 0 Å². The molecule has 0 saturated carbocycles. The fourth-order valence-electron chi connectivity index (χ4n) is 2.64.